The molecule has 2 N–H and O–H groups in total. The molecule has 34 heavy (non-hydrogen) atoms. The van der Waals surface area contributed by atoms with E-state index in [9.17, 15) is 14.4 Å². The van der Waals surface area contributed by atoms with Crippen LogP contribution >= 0.6 is 11.8 Å². The lowest BCUT2D eigenvalue weighted by molar-refractivity contribution is -0.119. The summed E-state index contributed by atoms with van der Waals surface area (Å²) < 4.78 is 3.38. The van der Waals surface area contributed by atoms with Gasteiger partial charge < -0.3 is 10.6 Å². The summed E-state index contributed by atoms with van der Waals surface area (Å²) in [6.45, 7) is 14.9. The second-order valence-electron chi connectivity index (χ2n) is 10.4. The molecule has 0 saturated carbocycles. The molecular formula is C24H34N6O3S. The van der Waals surface area contributed by atoms with Gasteiger partial charge in [-0.2, -0.15) is 0 Å². The normalized spacial score (nSPS) is 12.1. The molecule has 0 radical (unpaired) electrons. The molecule has 0 saturated heterocycles. The number of thioether (sulfide) groups is 1. The Morgan fingerprint density at radius 3 is 2.41 bits per heavy atom. The summed E-state index contributed by atoms with van der Waals surface area (Å²) in [6.07, 6.45) is 0. The molecule has 0 aliphatic heterocycles. The molecule has 184 valence electrons. The number of hydrogen-bond donors (Lipinski definition) is 2. The number of aromatic nitrogens is 4. The SMILES string of the molecule is CC(C)CNC(=O)c1ccc2c(=O)n(CC(C)C)c3nnc(SCC(=O)NC(C)(C)C)n3c2c1. The van der Waals surface area contributed by atoms with Crippen molar-refractivity contribution in [2.75, 3.05) is 12.3 Å². The third kappa shape index (κ3) is 5.97. The Balaban J connectivity index is 2.12. The smallest absolute Gasteiger partial charge is 0.262 e. The van der Waals surface area contributed by atoms with Crippen molar-refractivity contribution in [2.45, 2.75) is 65.7 Å². The van der Waals surface area contributed by atoms with Gasteiger partial charge in [-0.25, -0.2) is 0 Å². The molecule has 0 unspecified atom stereocenters. The maximum absolute atomic E-state index is 13.3. The van der Waals surface area contributed by atoms with E-state index in [4.69, 9.17) is 0 Å². The van der Waals surface area contributed by atoms with E-state index in [2.05, 4.69) is 20.8 Å². The lowest BCUT2D eigenvalue weighted by Gasteiger charge is -2.20. The zero-order chi connectivity index (χ0) is 25.2. The Morgan fingerprint density at radius 2 is 1.79 bits per heavy atom. The van der Waals surface area contributed by atoms with Crippen molar-refractivity contribution in [1.82, 2.24) is 29.8 Å². The van der Waals surface area contributed by atoms with Crippen LogP contribution in [0, 0.1) is 11.8 Å². The van der Waals surface area contributed by atoms with Crippen LogP contribution in [0.4, 0.5) is 0 Å². The standard InChI is InChI=1S/C24H34N6O3S/c1-14(2)11-25-20(32)16-8-9-17-18(10-16)30-22(29(21(17)33)12-15(3)4)27-28-23(30)34-13-19(31)26-24(5,6)7/h8-10,14-15H,11-13H2,1-7H3,(H,25,32)(H,26,31). The molecule has 0 atom stereocenters. The molecule has 3 aromatic rings. The molecule has 10 heteroatoms. The number of benzene rings is 1. The predicted octanol–water partition coefficient (Wildman–Crippen LogP) is 3.09. The van der Waals surface area contributed by atoms with Crippen molar-refractivity contribution in [1.29, 1.82) is 0 Å². The summed E-state index contributed by atoms with van der Waals surface area (Å²) >= 11 is 1.24. The van der Waals surface area contributed by atoms with Gasteiger partial charge in [0.25, 0.3) is 11.5 Å². The predicted molar refractivity (Wildman–Crippen MR) is 135 cm³/mol. The Labute approximate surface area is 203 Å². The fraction of sp³-hybridized carbons (Fsp3) is 0.542. The van der Waals surface area contributed by atoms with Gasteiger partial charge in [0.05, 0.1) is 16.7 Å². The molecule has 3 rings (SSSR count). The van der Waals surface area contributed by atoms with E-state index in [0.717, 1.165) is 0 Å². The Morgan fingerprint density at radius 1 is 1.09 bits per heavy atom. The van der Waals surface area contributed by atoms with Crippen LogP contribution in [0.15, 0.2) is 28.2 Å². The molecule has 0 aliphatic rings. The minimum atomic E-state index is -0.340. The second kappa shape index (κ2) is 10.2. The van der Waals surface area contributed by atoms with Gasteiger partial charge in [-0.1, -0.05) is 39.5 Å². The van der Waals surface area contributed by atoms with Crippen molar-refractivity contribution < 1.29 is 9.59 Å². The highest BCUT2D eigenvalue weighted by Gasteiger charge is 2.21. The van der Waals surface area contributed by atoms with Crippen LogP contribution in [0.1, 0.15) is 58.8 Å². The average molecular weight is 487 g/mol. The van der Waals surface area contributed by atoms with Gasteiger partial charge >= 0.3 is 0 Å². The van der Waals surface area contributed by atoms with Crippen molar-refractivity contribution in [3.63, 3.8) is 0 Å². The van der Waals surface area contributed by atoms with Crippen molar-refractivity contribution in [2.24, 2.45) is 11.8 Å². The fourth-order valence-electron chi connectivity index (χ4n) is 3.53. The maximum Gasteiger partial charge on any atom is 0.262 e. The van der Waals surface area contributed by atoms with Crippen molar-refractivity contribution in [3.05, 3.63) is 34.1 Å². The fourth-order valence-corrected chi connectivity index (χ4v) is 4.27. The zero-order valence-electron chi connectivity index (χ0n) is 20.9. The zero-order valence-corrected chi connectivity index (χ0v) is 21.7. The monoisotopic (exact) mass is 486 g/mol. The van der Waals surface area contributed by atoms with Gasteiger partial charge in [-0.05, 0) is 50.8 Å². The van der Waals surface area contributed by atoms with Crippen LogP contribution < -0.4 is 16.2 Å². The Hall–Kier alpha value is -2.88. The number of carbonyl (C=O) groups is 2. The number of nitrogens with one attached hydrogen (secondary N) is 2. The van der Waals surface area contributed by atoms with Gasteiger partial charge in [0.2, 0.25) is 11.7 Å². The molecule has 0 fully saturated rings. The molecular weight excluding hydrogens is 452 g/mol. The minimum absolute atomic E-state index is 0.122. The third-order valence-electron chi connectivity index (χ3n) is 4.90. The summed E-state index contributed by atoms with van der Waals surface area (Å²) in [5.41, 5.74) is 0.471. The van der Waals surface area contributed by atoms with Gasteiger partial charge in [0.1, 0.15) is 0 Å². The molecule has 0 bridgehead atoms. The molecule has 2 heterocycles. The minimum Gasteiger partial charge on any atom is -0.352 e. The van der Waals surface area contributed by atoms with Crippen LogP contribution in [0.25, 0.3) is 16.7 Å². The first-order valence-electron chi connectivity index (χ1n) is 11.5. The molecule has 2 amide bonds. The summed E-state index contributed by atoms with van der Waals surface area (Å²) in [7, 11) is 0. The summed E-state index contributed by atoms with van der Waals surface area (Å²) in [5, 5.41) is 15.4. The number of amides is 2. The third-order valence-corrected chi connectivity index (χ3v) is 5.83. The Bertz CT molecular complexity index is 1270. The van der Waals surface area contributed by atoms with Crippen LogP contribution in [0.3, 0.4) is 0 Å². The topological polar surface area (TPSA) is 110 Å². The lowest BCUT2D eigenvalue weighted by atomic mass is 10.1. The van der Waals surface area contributed by atoms with Gasteiger partial charge in [0.15, 0.2) is 5.16 Å². The second-order valence-corrected chi connectivity index (χ2v) is 11.3. The van der Waals surface area contributed by atoms with Crippen molar-refractivity contribution >= 4 is 40.3 Å². The number of fused-ring (bicyclic) bond motifs is 3. The molecule has 1 aromatic carbocycles. The summed E-state index contributed by atoms with van der Waals surface area (Å²) in [6, 6.07) is 5.04. The van der Waals surface area contributed by atoms with E-state index in [1.165, 1.54) is 11.8 Å². The quantitative estimate of drug-likeness (QED) is 0.474. The highest BCUT2D eigenvalue weighted by atomic mass is 32.2. The lowest BCUT2D eigenvalue weighted by Crippen LogP contribution is -2.41. The van der Waals surface area contributed by atoms with E-state index >= 15 is 0 Å². The highest BCUT2D eigenvalue weighted by Crippen LogP contribution is 2.23. The van der Waals surface area contributed by atoms with E-state index in [1.807, 2.05) is 48.5 Å². The number of nitrogens with zero attached hydrogens (tertiary/aromatic N) is 4. The van der Waals surface area contributed by atoms with Gasteiger partial charge in [0, 0.05) is 24.2 Å². The van der Waals surface area contributed by atoms with Crippen LogP contribution in [-0.4, -0.2) is 48.8 Å². The van der Waals surface area contributed by atoms with E-state index < -0.39 is 0 Å². The van der Waals surface area contributed by atoms with Crippen molar-refractivity contribution in [3.8, 4) is 0 Å². The molecule has 0 spiro atoms. The van der Waals surface area contributed by atoms with Crippen LogP contribution in [-0.2, 0) is 11.3 Å². The van der Waals surface area contributed by atoms with Crippen LogP contribution in [0.5, 0.6) is 0 Å². The first kappa shape index (κ1) is 25.7. The average Bonchev–Trinajstić information content (AvgIpc) is 3.15. The van der Waals surface area contributed by atoms with E-state index in [0.29, 0.717) is 46.4 Å². The van der Waals surface area contributed by atoms with Gasteiger partial charge in [-0.15, -0.1) is 10.2 Å². The largest absolute Gasteiger partial charge is 0.352 e. The molecule has 9 nitrogen and oxygen atoms in total. The Kier molecular flexibility index (Phi) is 7.70. The first-order chi connectivity index (χ1) is 15.9. The maximum atomic E-state index is 13.3. The summed E-state index contributed by atoms with van der Waals surface area (Å²) in [4.78, 5) is 38.4. The molecule has 2 aromatic heterocycles. The first-order valence-corrected chi connectivity index (χ1v) is 12.5. The summed E-state index contributed by atoms with van der Waals surface area (Å²) in [5.74, 6) is 0.747. The number of hydrogen-bond acceptors (Lipinski definition) is 6. The number of carbonyl (C=O) groups excluding carboxylic acids is 2. The highest BCUT2D eigenvalue weighted by molar-refractivity contribution is 7.99. The van der Waals surface area contributed by atoms with E-state index in [-0.39, 0.29) is 34.6 Å². The van der Waals surface area contributed by atoms with Gasteiger partial charge in [-0.3, -0.25) is 23.4 Å². The number of rotatable bonds is 8. The molecule has 0 aliphatic carbocycles. The van der Waals surface area contributed by atoms with E-state index in [1.54, 1.807) is 27.2 Å². The van der Waals surface area contributed by atoms with Crippen LogP contribution in [0.2, 0.25) is 0 Å².